The van der Waals surface area contributed by atoms with Crippen molar-refractivity contribution in [3.8, 4) is 33.8 Å². The van der Waals surface area contributed by atoms with Gasteiger partial charge >= 0.3 is 0 Å². The molecule has 0 aliphatic heterocycles. The molecule has 0 saturated carbocycles. The molecule has 0 atom stereocenters. The number of fused-ring (bicyclic) bond motifs is 3. The monoisotopic (exact) mass is 752 g/mol. The summed E-state index contributed by atoms with van der Waals surface area (Å²) in [4.78, 5) is 13.7. The number of rotatable bonds is 3. The number of pyridine rings is 3. The van der Waals surface area contributed by atoms with Crippen LogP contribution in [-0.4, -0.2) is 15.0 Å². The van der Waals surface area contributed by atoms with E-state index in [1.807, 2.05) is 60.8 Å². The molecule has 7 rings (SSSR count). The molecule has 0 spiro atoms. The summed E-state index contributed by atoms with van der Waals surface area (Å²) in [6, 6.07) is 38.9. The topological polar surface area (TPSA) is 51.8 Å². The molecule has 0 amide bonds. The molecular weight excluding hydrogens is 719 g/mol. The van der Waals surface area contributed by atoms with Crippen molar-refractivity contribution in [1.29, 1.82) is 0 Å². The molecule has 0 bridgehead atoms. The van der Waals surface area contributed by atoms with Gasteiger partial charge in [-0.15, -0.1) is 54.1 Å². The van der Waals surface area contributed by atoms with Crippen molar-refractivity contribution in [2.45, 2.75) is 40.0 Å². The van der Waals surface area contributed by atoms with Crippen molar-refractivity contribution in [1.82, 2.24) is 15.0 Å². The molecule has 0 unspecified atom stereocenters. The second-order valence-corrected chi connectivity index (χ2v) is 11.7. The molecule has 4 heterocycles. The Kier molecular flexibility index (Phi) is 9.19. The summed E-state index contributed by atoms with van der Waals surface area (Å²) in [5.41, 5.74) is 11.0. The van der Waals surface area contributed by atoms with Gasteiger partial charge in [-0.2, -0.15) is 0 Å². The van der Waals surface area contributed by atoms with Gasteiger partial charge in [-0.25, -0.2) is 4.98 Å². The van der Waals surface area contributed by atoms with E-state index in [0.29, 0.717) is 5.71 Å². The third-order valence-corrected chi connectivity index (χ3v) is 7.57. The summed E-state index contributed by atoms with van der Waals surface area (Å²) in [5.74, 6) is 0. The summed E-state index contributed by atoms with van der Waals surface area (Å²) >= 11 is 0. The van der Waals surface area contributed by atoms with Crippen molar-refractivity contribution in [2.24, 2.45) is 0 Å². The molecule has 221 valence electrons. The molecule has 5 heteroatoms. The molecule has 4 nitrogen and oxygen atoms in total. The van der Waals surface area contributed by atoms with E-state index in [4.69, 9.17) is 9.40 Å². The maximum atomic E-state index is 6.32. The summed E-state index contributed by atoms with van der Waals surface area (Å²) in [6.45, 7) is 10.9. The zero-order valence-corrected chi connectivity index (χ0v) is 27.9. The molecule has 44 heavy (non-hydrogen) atoms. The summed E-state index contributed by atoms with van der Waals surface area (Å²) in [6.07, 6.45) is 3.65. The first-order chi connectivity index (χ1) is 20.8. The molecule has 1 radical (unpaired) electrons. The third kappa shape index (κ3) is 6.40. The maximum Gasteiger partial charge on any atom is 0.216 e. The first kappa shape index (κ1) is 31.0. The Bertz CT molecular complexity index is 1970. The Labute approximate surface area is 272 Å². The minimum absolute atomic E-state index is 0. The number of hydrogen-bond acceptors (Lipinski definition) is 4. The van der Waals surface area contributed by atoms with Gasteiger partial charge in [0.05, 0.1) is 11.3 Å². The fourth-order valence-corrected chi connectivity index (χ4v) is 5.28. The zero-order valence-electron chi connectivity index (χ0n) is 25.5. The van der Waals surface area contributed by atoms with Gasteiger partial charge in [-0.05, 0) is 71.6 Å². The van der Waals surface area contributed by atoms with E-state index < -0.39 is 0 Å². The quantitative estimate of drug-likeness (QED) is 0.169. The van der Waals surface area contributed by atoms with Crippen LogP contribution >= 0.6 is 0 Å². The molecular formula is C39H33IrN3O-2. The van der Waals surface area contributed by atoms with Gasteiger partial charge in [0.2, 0.25) is 5.71 Å². The van der Waals surface area contributed by atoms with E-state index in [9.17, 15) is 0 Å². The minimum atomic E-state index is 0. The summed E-state index contributed by atoms with van der Waals surface area (Å²) in [7, 11) is 0. The third-order valence-electron chi connectivity index (χ3n) is 7.57. The van der Waals surface area contributed by atoms with E-state index >= 15 is 0 Å². The number of benzene rings is 3. The van der Waals surface area contributed by atoms with Crippen molar-refractivity contribution < 1.29 is 24.5 Å². The normalized spacial score (nSPS) is 11.1. The molecule has 0 saturated heterocycles. The molecule has 7 aromatic rings. The van der Waals surface area contributed by atoms with E-state index in [-0.39, 0.29) is 25.5 Å². The second kappa shape index (κ2) is 13.1. The molecule has 0 aliphatic carbocycles. The van der Waals surface area contributed by atoms with Gasteiger partial charge in [0.25, 0.3) is 0 Å². The fourth-order valence-electron chi connectivity index (χ4n) is 5.28. The molecule has 4 aromatic heterocycles. The molecule has 3 aromatic carbocycles. The Morgan fingerprint density at radius 3 is 2.14 bits per heavy atom. The van der Waals surface area contributed by atoms with Crippen molar-refractivity contribution >= 4 is 22.1 Å². The smallest absolute Gasteiger partial charge is 0.216 e. The molecule has 0 fully saturated rings. The Morgan fingerprint density at radius 1 is 0.659 bits per heavy atom. The second-order valence-electron chi connectivity index (χ2n) is 11.7. The van der Waals surface area contributed by atoms with E-state index in [1.165, 1.54) is 16.7 Å². The average Bonchev–Trinajstić information content (AvgIpc) is 3.40. The largest absolute Gasteiger partial charge is 0.486 e. The van der Waals surface area contributed by atoms with Crippen LogP contribution in [0, 0.1) is 26.0 Å². The predicted octanol–water partition coefficient (Wildman–Crippen LogP) is 9.97. The SMILES string of the molecule is Cc1cccc(C)c1-c1ccc2c(n1)oc1c(-c3cc(C(C)(C)C)ccn3)[c-]ccc12.[Ir].[c-]1ccccc1-c1ccccn1. The Balaban J connectivity index is 0.000000248. The van der Waals surface area contributed by atoms with Crippen LogP contribution in [0.4, 0.5) is 0 Å². The minimum Gasteiger partial charge on any atom is -0.486 e. The number of aryl methyl sites for hydroxylation is 2. The van der Waals surface area contributed by atoms with Crippen molar-refractivity contribution in [3.63, 3.8) is 0 Å². The van der Waals surface area contributed by atoms with Crippen LogP contribution in [0.2, 0.25) is 0 Å². The van der Waals surface area contributed by atoms with E-state index in [0.717, 1.165) is 50.1 Å². The van der Waals surface area contributed by atoms with Crippen LogP contribution in [0.5, 0.6) is 0 Å². The number of furan rings is 1. The fraction of sp³-hybridized carbons (Fsp3) is 0.154. The van der Waals surface area contributed by atoms with Gasteiger partial charge < -0.3 is 14.4 Å². The zero-order chi connectivity index (χ0) is 30.0. The first-order valence-electron chi connectivity index (χ1n) is 14.4. The number of hydrogen-bond donors (Lipinski definition) is 0. The predicted molar refractivity (Wildman–Crippen MR) is 176 cm³/mol. The Hall–Kier alpha value is -4.44. The number of nitrogens with zero attached hydrogens (tertiary/aromatic N) is 3. The van der Waals surface area contributed by atoms with E-state index in [2.05, 4.69) is 99.2 Å². The van der Waals surface area contributed by atoms with Gasteiger partial charge in [0.15, 0.2) is 0 Å². The van der Waals surface area contributed by atoms with Crippen LogP contribution in [0.25, 0.3) is 55.8 Å². The average molecular weight is 752 g/mol. The maximum absolute atomic E-state index is 6.32. The van der Waals surface area contributed by atoms with E-state index in [1.54, 1.807) is 6.20 Å². The van der Waals surface area contributed by atoms with Gasteiger partial charge in [-0.1, -0.05) is 68.1 Å². The summed E-state index contributed by atoms with van der Waals surface area (Å²) < 4.78 is 6.32. The molecule has 0 aliphatic rings. The van der Waals surface area contributed by atoms with Crippen molar-refractivity contribution in [3.05, 3.63) is 138 Å². The van der Waals surface area contributed by atoms with Gasteiger partial charge in [0.1, 0.15) is 0 Å². The molecule has 0 N–H and O–H groups in total. The van der Waals surface area contributed by atoms with Crippen LogP contribution in [-0.2, 0) is 25.5 Å². The van der Waals surface area contributed by atoms with Gasteiger partial charge in [0, 0.05) is 43.4 Å². The van der Waals surface area contributed by atoms with Crippen LogP contribution < -0.4 is 0 Å². The van der Waals surface area contributed by atoms with Crippen LogP contribution in [0.3, 0.4) is 0 Å². The first-order valence-corrected chi connectivity index (χ1v) is 14.4. The van der Waals surface area contributed by atoms with Gasteiger partial charge in [-0.3, -0.25) is 0 Å². The van der Waals surface area contributed by atoms with Crippen molar-refractivity contribution in [2.75, 3.05) is 0 Å². The van der Waals surface area contributed by atoms with Crippen LogP contribution in [0.1, 0.15) is 37.5 Å². The standard InChI is InChI=1S/C28H25N2O.C11H8N.Ir/c1-17-8-6-9-18(2)25(17)23-13-12-21-20-10-7-11-22(26(20)31-27(21)30-23)24-16-19(14-15-29-24)28(3,4)5;1-2-6-10(7-3-1)11-8-4-5-9-12-11;/h6-10,12-16H,1-5H3;1-6,8-9H;/q2*-1;. The Morgan fingerprint density at radius 2 is 1.43 bits per heavy atom. The summed E-state index contributed by atoms with van der Waals surface area (Å²) in [5, 5.41) is 2.04. The number of aromatic nitrogens is 3. The van der Waals surface area contributed by atoms with Crippen LogP contribution in [0.15, 0.2) is 114 Å².